The summed E-state index contributed by atoms with van der Waals surface area (Å²) in [5.74, 6) is 1.78. The smallest absolute Gasteiger partial charge is 0.241 e. The average molecular weight is 376 g/mol. The Morgan fingerprint density at radius 2 is 2.04 bits per heavy atom. The third-order valence-electron chi connectivity index (χ3n) is 3.80. The number of halogens is 1. The first-order chi connectivity index (χ1) is 11.9. The fourth-order valence-electron chi connectivity index (χ4n) is 2.76. The molecule has 0 bridgehead atoms. The molecule has 1 aliphatic rings. The van der Waals surface area contributed by atoms with Crippen molar-refractivity contribution in [2.24, 2.45) is 5.73 Å². The molecule has 0 spiro atoms. The normalized spacial score (nSPS) is 13.7. The highest BCUT2D eigenvalue weighted by Gasteiger charge is 2.21. The van der Waals surface area contributed by atoms with E-state index in [-0.39, 0.29) is 5.28 Å². The highest BCUT2D eigenvalue weighted by molar-refractivity contribution is 7.99. The summed E-state index contributed by atoms with van der Waals surface area (Å²) in [4.78, 5) is 20.5. The van der Waals surface area contributed by atoms with Gasteiger partial charge in [-0.25, -0.2) is 4.98 Å². The lowest BCUT2D eigenvalue weighted by molar-refractivity contribution is -0.113. The highest BCUT2D eigenvalue weighted by Crippen LogP contribution is 2.39. The Morgan fingerprint density at radius 1 is 1.32 bits per heavy atom. The van der Waals surface area contributed by atoms with Crippen molar-refractivity contribution in [3.63, 3.8) is 0 Å². The van der Waals surface area contributed by atoms with Crippen molar-refractivity contribution in [1.82, 2.24) is 9.97 Å². The molecule has 5 nitrogen and oxygen atoms in total. The van der Waals surface area contributed by atoms with E-state index in [0.717, 1.165) is 51.6 Å². The Balaban J connectivity index is 1.96. The number of thioether (sulfide) groups is 1. The van der Waals surface area contributed by atoms with E-state index in [1.165, 1.54) is 6.08 Å². The predicted molar refractivity (Wildman–Crippen MR) is 100 cm³/mol. The number of rotatable bonds is 4. The highest BCUT2D eigenvalue weighted by atomic mass is 35.5. The number of ether oxygens (including phenoxy) is 1. The molecular weight excluding hydrogens is 358 g/mol. The minimum Gasteiger partial charge on any atom is -0.437 e. The Labute approximate surface area is 155 Å². The molecule has 0 aliphatic carbocycles. The first-order valence-electron chi connectivity index (χ1n) is 7.90. The number of fused-ring (bicyclic) bond motifs is 1. The predicted octanol–water partition coefficient (Wildman–Crippen LogP) is 4.08. The zero-order chi connectivity index (χ0) is 18.0. The molecule has 0 saturated carbocycles. The molecule has 1 aromatic carbocycles. The molecule has 2 aromatic rings. The number of aryl methyl sites for hydroxylation is 3. The van der Waals surface area contributed by atoms with Gasteiger partial charge < -0.3 is 10.5 Å². The van der Waals surface area contributed by atoms with E-state index in [0.29, 0.717) is 5.88 Å². The molecule has 2 heterocycles. The van der Waals surface area contributed by atoms with Crippen molar-refractivity contribution < 1.29 is 9.53 Å². The van der Waals surface area contributed by atoms with Crippen molar-refractivity contribution in [2.75, 3.05) is 5.75 Å². The van der Waals surface area contributed by atoms with Crippen LogP contribution in [0.3, 0.4) is 0 Å². The van der Waals surface area contributed by atoms with Gasteiger partial charge in [0.25, 0.3) is 0 Å². The van der Waals surface area contributed by atoms with Gasteiger partial charge in [-0.2, -0.15) is 4.98 Å². The number of primary amides is 1. The van der Waals surface area contributed by atoms with Crippen LogP contribution in [0.25, 0.3) is 6.08 Å². The van der Waals surface area contributed by atoms with Crippen LogP contribution in [0.4, 0.5) is 0 Å². The summed E-state index contributed by atoms with van der Waals surface area (Å²) in [5, 5.41) is 0.201. The maximum absolute atomic E-state index is 10.9. The number of carbonyl (C=O) groups is 1. The fraction of sp³-hybridized carbons (Fsp3) is 0.278. The van der Waals surface area contributed by atoms with Crippen molar-refractivity contribution >= 4 is 35.3 Å². The van der Waals surface area contributed by atoms with E-state index in [4.69, 9.17) is 22.1 Å². The molecule has 0 radical (unpaired) electrons. The molecular formula is C18H18ClN3O2S. The zero-order valence-electron chi connectivity index (χ0n) is 14.0. The third-order valence-corrected chi connectivity index (χ3v) is 5.16. The second-order valence-corrected chi connectivity index (χ2v) is 7.29. The van der Waals surface area contributed by atoms with Crippen LogP contribution in [0.1, 0.15) is 28.8 Å². The minimum atomic E-state index is -0.477. The van der Waals surface area contributed by atoms with E-state index in [2.05, 4.69) is 9.97 Å². The number of hydrogen-bond acceptors (Lipinski definition) is 5. The molecule has 7 heteroatoms. The van der Waals surface area contributed by atoms with Gasteiger partial charge in [-0.05, 0) is 78.9 Å². The summed E-state index contributed by atoms with van der Waals surface area (Å²) in [6.45, 7) is 3.90. The molecule has 130 valence electrons. The largest absolute Gasteiger partial charge is 0.437 e. The van der Waals surface area contributed by atoms with Crippen molar-refractivity contribution in [1.29, 1.82) is 0 Å². The molecule has 1 aromatic heterocycles. The molecule has 3 rings (SSSR count). The van der Waals surface area contributed by atoms with Gasteiger partial charge in [0.05, 0.1) is 10.6 Å². The van der Waals surface area contributed by atoms with Crippen LogP contribution >= 0.6 is 23.4 Å². The van der Waals surface area contributed by atoms with Gasteiger partial charge in [0.1, 0.15) is 5.75 Å². The van der Waals surface area contributed by atoms with Crippen LogP contribution < -0.4 is 10.5 Å². The molecule has 25 heavy (non-hydrogen) atoms. The summed E-state index contributed by atoms with van der Waals surface area (Å²) in [6.07, 6.45) is 4.98. The van der Waals surface area contributed by atoms with Gasteiger partial charge >= 0.3 is 0 Å². The van der Waals surface area contributed by atoms with E-state index >= 15 is 0 Å². The Morgan fingerprint density at radius 3 is 2.72 bits per heavy atom. The number of amides is 1. The summed E-state index contributed by atoms with van der Waals surface area (Å²) >= 11 is 7.76. The lowest BCUT2D eigenvalue weighted by atomic mass is 10.1. The second-order valence-electron chi connectivity index (χ2n) is 5.85. The van der Waals surface area contributed by atoms with Gasteiger partial charge in [0.2, 0.25) is 17.1 Å². The molecule has 0 atom stereocenters. The Hall–Kier alpha value is -2.05. The first kappa shape index (κ1) is 17.8. The Kier molecular flexibility index (Phi) is 5.30. The van der Waals surface area contributed by atoms with Crippen molar-refractivity contribution in [2.45, 2.75) is 31.6 Å². The van der Waals surface area contributed by atoms with Crippen LogP contribution in [-0.4, -0.2) is 21.6 Å². The number of hydrogen-bond donors (Lipinski definition) is 1. The molecule has 1 amide bonds. The number of nitrogens with two attached hydrogens (primary N) is 1. The van der Waals surface area contributed by atoms with Crippen molar-refractivity contribution in [3.8, 4) is 11.6 Å². The number of carbonyl (C=O) groups excluding carboxylic acids is 1. The quantitative estimate of drug-likeness (QED) is 0.643. The maximum atomic E-state index is 10.9. The molecule has 0 saturated heterocycles. The maximum Gasteiger partial charge on any atom is 0.241 e. The standard InChI is InChI=1S/C18H18ClN3O2S/c1-10-8-12(5-6-14(20)23)9-11(2)15(10)24-17-16-13(4-3-7-25-16)21-18(19)22-17/h5-6,8-9H,3-4,7H2,1-2H3,(H2,20,23)/b6-5+. The van der Waals surface area contributed by atoms with Crippen LogP contribution in [0, 0.1) is 13.8 Å². The van der Waals surface area contributed by atoms with Crippen molar-refractivity contribution in [3.05, 3.63) is 45.9 Å². The van der Waals surface area contributed by atoms with Crippen LogP contribution in [0.2, 0.25) is 5.28 Å². The number of benzene rings is 1. The fourth-order valence-corrected chi connectivity index (χ4v) is 3.96. The molecule has 0 unspecified atom stereocenters. The summed E-state index contributed by atoms with van der Waals surface area (Å²) in [7, 11) is 0. The van der Waals surface area contributed by atoms with E-state index in [1.54, 1.807) is 17.8 Å². The summed E-state index contributed by atoms with van der Waals surface area (Å²) in [6, 6.07) is 3.87. The lowest BCUT2D eigenvalue weighted by Crippen LogP contribution is -2.06. The summed E-state index contributed by atoms with van der Waals surface area (Å²) in [5.41, 5.74) is 8.86. The topological polar surface area (TPSA) is 78.1 Å². The van der Waals surface area contributed by atoms with Crippen LogP contribution in [0.5, 0.6) is 11.6 Å². The van der Waals surface area contributed by atoms with E-state index in [9.17, 15) is 4.79 Å². The molecule has 2 N–H and O–H groups in total. The van der Waals surface area contributed by atoms with Crippen LogP contribution in [0.15, 0.2) is 23.1 Å². The minimum absolute atomic E-state index is 0.201. The number of aromatic nitrogens is 2. The van der Waals surface area contributed by atoms with Gasteiger partial charge in [0.15, 0.2) is 0 Å². The average Bonchev–Trinajstić information content (AvgIpc) is 2.56. The lowest BCUT2D eigenvalue weighted by Gasteiger charge is -2.19. The van der Waals surface area contributed by atoms with Crippen LogP contribution in [-0.2, 0) is 11.2 Å². The van der Waals surface area contributed by atoms with Gasteiger partial charge in [-0.3, -0.25) is 4.79 Å². The van der Waals surface area contributed by atoms with Gasteiger partial charge in [-0.1, -0.05) is 0 Å². The van der Waals surface area contributed by atoms with E-state index < -0.39 is 5.91 Å². The Bertz CT molecular complexity index is 845. The molecule has 0 fully saturated rings. The second kappa shape index (κ2) is 7.45. The monoisotopic (exact) mass is 375 g/mol. The SMILES string of the molecule is Cc1cc(/C=C/C(N)=O)cc(C)c1Oc1nc(Cl)nc2c1SCCC2. The zero-order valence-corrected chi connectivity index (χ0v) is 15.6. The first-order valence-corrected chi connectivity index (χ1v) is 9.26. The summed E-state index contributed by atoms with van der Waals surface area (Å²) < 4.78 is 6.13. The van der Waals surface area contributed by atoms with Gasteiger partial charge in [0, 0.05) is 6.08 Å². The molecule has 1 aliphatic heterocycles. The van der Waals surface area contributed by atoms with E-state index in [1.807, 2.05) is 26.0 Å². The third kappa shape index (κ3) is 4.14. The number of nitrogens with zero attached hydrogens (tertiary/aromatic N) is 2. The van der Waals surface area contributed by atoms with Gasteiger partial charge in [-0.15, -0.1) is 11.8 Å².